The average molecular weight is 1080 g/mol. The molecule has 4 heterocycles. The smallest absolute Gasteiger partial charge is 0.299 e. The van der Waals surface area contributed by atoms with E-state index in [0.29, 0.717) is 19.7 Å². The van der Waals surface area contributed by atoms with Crippen molar-refractivity contribution in [2.75, 3.05) is 23.0 Å². The molecule has 0 aliphatic carbocycles. The number of carbonyl (C=O) groups is 1. The maximum Gasteiger partial charge on any atom is 0.299 e. The number of hydrogen-bond acceptors (Lipinski definition) is 10. The molecular weight excluding hydrogens is 1020 g/mol. The molecule has 0 spiro atoms. The van der Waals surface area contributed by atoms with E-state index in [9.17, 15) is 10.1 Å². The molecule has 0 unspecified atom stereocenters. The average Bonchev–Trinajstić information content (AvgIpc) is 4.23. The largest absolute Gasteiger partial charge is 0.485 e. The SMILES string of the molecule is CCCCCCc1cc(-c2sc(-c3sc(C=C(C#N)OC=O)cc3CCCCCC)c3c2OCCO3)sc1-c1cc(N(c2ccccc2)c2ccc3ccccc3c2)cc(N(c2ccccc2)c2ccc3ccccc3c2)c1. The van der Waals surface area contributed by atoms with Crippen LogP contribution < -0.4 is 19.3 Å². The number of thiophene rings is 3. The summed E-state index contributed by atoms with van der Waals surface area (Å²) in [4.78, 5) is 22.5. The molecular formula is C68H61N3O4S3. The van der Waals surface area contributed by atoms with Crippen LogP contribution in [0.1, 0.15) is 81.2 Å². The Morgan fingerprint density at radius 3 is 1.58 bits per heavy atom. The van der Waals surface area contributed by atoms with E-state index in [2.05, 4.69) is 200 Å². The van der Waals surface area contributed by atoms with Crippen molar-refractivity contribution in [3.8, 4) is 47.5 Å². The summed E-state index contributed by atoms with van der Waals surface area (Å²) >= 11 is 5.15. The molecule has 78 heavy (non-hydrogen) atoms. The number of allylic oxidation sites excluding steroid dienone is 1. The lowest BCUT2D eigenvalue weighted by Gasteiger charge is -2.30. The Morgan fingerprint density at radius 1 is 0.513 bits per heavy atom. The van der Waals surface area contributed by atoms with Crippen LogP contribution in [0.5, 0.6) is 11.5 Å². The lowest BCUT2D eigenvalue weighted by atomic mass is 10.0. The normalized spacial score (nSPS) is 12.2. The predicted octanol–water partition coefficient (Wildman–Crippen LogP) is 20.2. The molecule has 10 aromatic rings. The van der Waals surface area contributed by atoms with Crippen LogP contribution in [0.3, 0.4) is 0 Å². The van der Waals surface area contributed by atoms with E-state index >= 15 is 0 Å². The highest BCUT2D eigenvalue weighted by atomic mass is 32.1. The molecule has 3 aromatic heterocycles. The van der Waals surface area contributed by atoms with Gasteiger partial charge in [0.05, 0.1) is 14.6 Å². The van der Waals surface area contributed by atoms with Gasteiger partial charge in [-0.2, -0.15) is 5.26 Å². The number of benzene rings is 7. The molecule has 7 aromatic carbocycles. The van der Waals surface area contributed by atoms with E-state index in [4.69, 9.17) is 14.2 Å². The molecule has 0 radical (unpaired) electrons. The Balaban J connectivity index is 1.12. The molecule has 0 N–H and O–H groups in total. The van der Waals surface area contributed by atoms with Gasteiger partial charge in [0, 0.05) is 54.8 Å². The van der Waals surface area contributed by atoms with Gasteiger partial charge < -0.3 is 24.0 Å². The van der Waals surface area contributed by atoms with Crippen LogP contribution in [0.4, 0.5) is 34.1 Å². The minimum absolute atomic E-state index is 0.0399. The molecule has 0 saturated carbocycles. The fourth-order valence-electron chi connectivity index (χ4n) is 10.6. The summed E-state index contributed by atoms with van der Waals surface area (Å²) in [6.07, 6.45) is 12.5. The molecule has 0 saturated heterocycles. The summed E-state index contributed by atoms with van der Waals surface area (Å²) in [6, 6.07) is 65.9. The van der Waals surface area contributed by atoms with Gasteiger partial charge in [0.15, 0.2) is 11.5 Å². The highest BCUT2D eigenvalue weighted by molar-refractivity contribution is 7.28. The van der Waals surface area contributed by atoms with Crippen LogP contribution in [-0.4, -0.2) is 19.7 Å². The number of aryl methyl sites for hydroxylation is 2. The zero-order chi connectivity index (χ0) is 53.2. The van der Waals surface area contributed by atoms with Gasteiger partial charge in [-0.25, -0.2) is 0 Å². The molecule has 10 heteroatoms. The molecule has 0 amide bonds. The molecule has 1 aliphatic heterocycles. The molecule has 7 nitrogen and oxygen atoms in total. The van der Waals surface area contributed by atoms with E-state index in [1.165, 1.54) is 50.4 Å². The highest BCUT2D eigenvalue weighted by Gasteiger charge is 2.31. The lowest BCUT2D eigenvalue weighted by Crippen LogP contribution is -2.14. The molecule has 390 valence electrons. The Bertz CT molecular complexity index is 3630. The zero-order valence-corrected chi connectivity index (χ0v) is 46.5. The van der Waals surface area contributed by atoms with E-state index in [1.807, 2.05) is 17.4 Å². The fraction of sp³-hybridized carbons (Fsp3) is 0.206. The number of nitriles is 1. The van der Waals surface area contributed by atoms with Gasteiger partial charge in [0.2, 0.25) is 5.76 Å². The standard InChI is InChI=1S/C68H61N3O4S3/c1-3-5-7-11-25-51-41-61(44-60(45-69)75-46-72)76-66(51)68-64-63(73-35-36-74-64)67(78-68)62-42-52(26-12-8-6-4-2)65(77-62)53-39-58(70(54-27-13-9-14-28-54)56-33-31-47-21-17-19-23-49(47)37-56)43-59(40-53)71(55-29-15-10-16-30-55)57-34-32-48-22-18-20-24-50(48)38-57/h9-10,13-24,27-34,37-44,46H,3-8,11-12,25-26,35-36H2,1-2H3. The number of anilines is 6. The van der Waals surface area contributed by atoms with Crippen molar-refractivity contribution in [2.24, 2.45) is 0 Å². The van der Waals surface area contributed by atoms with Crippen LogP contribution in [0.2, 0.25) is 0 Å². The first-order valence-electron chi connectivity index (χ1n) is 27.2. The van der Waals surface area contributed by atoms with E-state index in [1.54, 1.807) is 28.7 Å². The van der Waals surface area contributed by atoms with Crippen LogP contribution in [0, 0.1) is 11.3 Å². The van der Waals surface area contributed by atoms with Crippen LogP contribution >= 0.6 is 34.0 Å². The van der Waals surface area contributed by atoms with Crippen LogP contribution in [0.25, 0.3) is 57.6 Å². The lowest BCUT2D eigenvalue weighted by molar-refractivity contribution is -0.124. The van der Waals surface area contributed by atoms with E-state index < -0.39 is 0 Å². The first-order chi connectivity index (χ1) is 38.5. The van der Waals surface area contributed by atoms with E-state index in [0.717, 1.165) is 127 Å². The quantitative estimate of drug-likeness (QED) is 0.0290. The number of ether oxygens (including phenoxy) is 3. The van der Waals surface area contributed by atoms with Crippen LogP contribution in [-0.2, 0) is 22.4 Å². The third-order valence-corrected chi connectivity index (χ3v) is 18.2. The molecule has 0 fully saturated rings. The summed E-state index contributed by atoms with van der Waals surface area (Å²) in [6.45, 7) is 5.71. The van der Waals surface area contributed by atoms with Crippen molar-refractivity contribution >= 4 is 102 Å². The number of fused-ring (bicyclic) bond motifs is 3. The van der Waals surface area contributed by atoms with Crippen molar-refractivity contribution in [3.05, 3.63) is 198 Å². The first-order valence-corrected chi connectivity index (χ1v) is 29.7. The second-order valence-electron chi connectivity index (χ2n) is 19.7. The van der Waals surface area contributed by atoms with Gasteiger partial charge >= 0.3 is 0 Å². The minimum atomic E-state index is -0.0399. The van der Waals surface area contributed by atoms with E-state index in [-0.39, 0.29) is 5.76 Å². The van der Waals surface area contributed by atoms with Gasteiger partial charge in [0.1, 0.15) is 19.3 Å². The predicted molar refractivity (Wildman–Crippen MR) is 328 cm³/mol. The van der Waals surface area contributed by atoms with Crippen LogP contribution in [0.15, 0.2) is 182 Å². The maximum absolute atomic E-state index is 11.3. The Morgan fingerprint density at radius 2 is 1.04 bits per heavy atom. The van der Waals surface area contributed by atoms with Crippen molar-refractivity contribution < 1.29 is 19.0 Å². The van der Waals surface area contributed by atoms with Crippen molar-refractivity contribution in [1.29, 1.82) is 5.26 Å². The summed E-state index contributed by atoms with van der Waals surface area (Å²) < 4.78 is 18.4. The number of unbranched alkanes of at least 4 members (excludes halogenated alkanes) is 6. The topological polar surface area (TPSA) is 75.0 Å². The molecule has 11 rings (SSSR count). The molecule has 1 aliphatic rings. The number of rotatable bonds is 22. The number of hydrogen-bond donors (Lipinski definition) is 0. The Kier molecular flexibility index (Phi) is 16.4. The zero-order valence-electron chi connectivity index (χ0n) is 44.1. The monoisotopic (exact) mass is 1080 g/mol. The van der Waals surface area contributed by atoms with Gasteiger partial charge in [-0.3, -0.25) is 4.79 Å². The number of para-hydroxylation sites is 2. The highest BCUT2D eigenvalue weighted by Crippen LogP contribution is 2.58. The third-order valence-electron chi connectivity index (χ3n) is 14.3. The van der Waals surface area contributed by atoms with Crippen molar-refractivity contribution in [1.82, 2.24) is 0 Å². The Labute approximate surface area is 469 Å². The van der Waals surface area contributed by atoms with Gasteiger partial charge in [-0.1, -0.05) is 149 Å². The minimum Gasteiger partial charge on any atom is -0.485 e. The molecule has 0 bridgehead atoms. The summed E-state index contributed by atoms with van der Waals surface area (Å²) in [5, 5.41) is 14.6. The summed E-state index contributed by atoms with van der Waals surface area (Å²) in [5.74, 6) is 1.51. The van der Waals surface area contributed by atoms with Gasteiger partial charge in [-0.05, 0) is 143 Å². The maximum atomic E-state index is 11.3. The van der Waals surface area contributed by atoms with Crippen molar-refractivity contribution in [3.63, 3.8) is 0 Å². The second-order valence-corrected chi connectivity index (χ2v) is 22.8. The number of carbonyl (C=O) groups excluding carboxylic acids is 1. The van der Waals surface area contributed by atoms with Crippen molar-refractivity contribution in [2.45, 2.75) is 78.1 Å². The van der Waals surface area contributed by atoms with Gasteiger partial charge in [-0.15, -0.1) is 34.0 Å². The summed E-state index contributed by atoms with van der Waals surface area (Å²) in [5.41, 5.74) is 9.96. The Hall–Kier alpha value is -7.94. The second kappa shape index (κ2) is 24.6. The first kappa shape index (κ1) is 52.1. The number of nitrogens with zero attached hydrogens (tertiary/aromatic N) is 3. The third kappa shape index (κ3) is 11.4. The fourth-order valence-corrected chi connectivity index (χ4v) is 14.3. The molecule has 0 atom stereocenters. The summed E-state index contributed by atoms with van der Waals surface area (Å²) in [7, 11) is 0. The van der Waals surface area contributed by atoms with Gasteiger partial charge in [0.25, 0.3) is 6.47 Å².